The van der Waals surface area contributed by atoms with Crippen LogP contribution in [0.15, 0.2) is 24.3 Å². The number of amides is 2. The Bertz CT molecular complexity index is 660. The number of para-hydroxylation sites is 2. The summed E-state index contributed by atoms with van der Waals surface area (Å²) in [6.45, 7) is 5.65. The Morgan fingerprint density at radius 2 is 2.18 bits per heavy atom. The Kier molecular flexibility index (Phi) is 4.32. The molecular formula is C17H24N4O. The lowest BCUT2D eigenvalue weighted by atomic mass is 10.2. The van der Waals surface area contributed by atoms with Gasteiger partial charge in [0.25, 0.3) is 0 Å². The van der Waals surface area contributed by atoms with E-state index in [2.05, 4.69) is 33.2 Å². The monoisotopic (exact) mass is 300 g/mol. The predicted octanol–water partition coefficient (Wildman–Crippen LogP) is 2.83. The van der Waals surface area contributed by atoms with Gasteiger partial charge in [-0.25, -0.2) is 9.78 Å². The Morgan fingerprint density at radius 3 is 2.95 bits per heavy atom. The molecule has 1 aromatic carbocycles. The molecule has 2 aromatic rings. The number of aromatic nitrogens is 2. The third-order valence-corrected chi connectivity index (χ3v) is 4.38. The third kappa shape index (κ3) is 3.40. The number of nitrogens with one attached hydrogen (secondary N) is 2. The smallest absolute Gasteiger partial charge is 0.315 e. The van der Waals surface area contributed by atoms with Gasteiger partial charge in [-0.3, -0.25) is 0 Å². The summed E-state index contributed by atoms with van der Waals surface area (Å²) in [7, 11) is 0. The van der Waals surface area contributed by atoms with E-state index >= 15 is 0 Å². The average molecular weight is 300 g/mol. The molecule has 0 radical (unpaired) electrons. The maximum atomic E-state index is 11.8. The first-order valence-corrected chi connectivity index (χ1v) is 8.11. The van der Waals surface area contributed by atoms with E-state index in [1.165, 1.54) is 12.8 Å². The quantitative estimate of drug-likeness (QED) is 0.806. The molecule has 1 saturated carbocycles. The second kappa shape index (κ2) is 6.38. The minimum absolute atomic E-state index is 0.0494. The van der Waals surface area contributed by atoms with Crippen molar-refractivity contribution in [2.24, 2.45) is 5.92 Å². The number of hydrogen-bond acceptors (Lipinski definition) is 2. The Labute approximate surface area is 131 Å². The first kappa shape index (κ1) is 14.9. The van der Waals surface area contributed by atoms with Crippen molar-refractivity contribution in [3.05, 3.63) is 30.1 Å². The van der Waals surface area contributed by atoms with E-state index in [1.807, 2.05) is 25.1 Å². The van der Waals surface area contributed by atoms with E-state index in [9.17, 15) is 4.79 Å². The van der Waals surface area contributed by atoms with Crippen LogP contribution in [0.1, 0.15) is 32.0 Å². The molecule has 0 bridgehead atoms. The SMILES string of the molecule is Cc1nc2ccccc2n1CCCNC(=O)NC(C)C1CC1. The standard InChI is InChI=1S/C17H24N4O/c1-12(14-8-9-14)19-17(22)18-10-5-11-21-13(2)20-15-6-3-4-7-16(15)21/h3-4,6-7,12,14H,5,8-11H2,1-2H3,(H2,18,19,22). The zero-order valence-corrected chi connectivity index (χ0v) is 13.3. The van der Waals surface area contributed by atoms with Crippen LogP contribution < -0.4 is 10.6 Å². The summed E-state index contributed by atoms with van der Waals surface area (Å²) in [5.74, 6) is 1.71. The molecule has 1 aliphatic rings. The summed E-state index contributed by atoms with van der Waals surface area (Å²) in [6.07, 6.45) is 3.38. The number of rotatable bonds is 6. The highest BCUT2D eigenvalue weighted by Gasteiger charge is 2.28. The van der Waals surface area contributed by atoms with Crippen LogP contribution in [-0.2, 0) is 6.54 Å². The minimum Gasteiger partial charge on any atom is -0.338 e. The van der Waals surface area contributed by atoms with Crippen LogP contribution in [0.2, 0.25) is 0 Å². The predicted molar refractivity (Wildman–Crippen MR) is 87.8 cm³/mol. The Hall–Kier alpha value is -2.04. The van der Waals surface area contributed by atoms with Crippen molar-refractivity contribution >= 4 is 17.1 Å². The number of hydrogen-bond donors (Lipinski definition) is 2. The fraction of sp³-hybridized carbons (Fsp3) is 0.529. The van der Waals surface area contributed by atoms with Crippen molar-refractivity contribution in [2.45, 2.75) is 45.7 Å². The molecule has 3 rings (SSSR count). The fourth-order valence-electron chi connectivity index (χ4n) is 2.89. The summed E-state index contributed by atoms with van der Waals surface area (Å²) < 4.78 is 2.21. The van der Waals surface area contributed by atoms with E-state index in [1.54, 1.807) is 0 Å². The van der Waals surface area contributed by atoms with Gasteiger partial charge in [0.05, 0.1) is 11.0 Å². The molecule has 1 unspecified atom stereocenters. The highest BCUT2D eigenvalue weighted by molar-refractivity contribution is 5.76. The van der Waals surface area contributed by atoms with Crippen molar-refractivity contribution in [2.75, 3.05) is 6.54 Å². The molecule has 1 heterocycles. The van der Waals surface area contributed by atoms with Crippen molar-refractivity contribution in [3.8, 4) is 0 Å². The van der Waals surface area contributed by atoms with Crippen LogP contribution in [0.4, 0.5) is 4.79 Å². The highest BCUT2D eigenvalue weighted by Crippen LogP contribution is 2.32. The highest BCUT2D eigenvalue weighted by atomic mass is 16.2. The zero-order chi connectivity index (χ0) is 15.5. The molecule has 0 spiro atoms. The lowest BCUT2D eigenvalue weighted by Crippen LogP contribution is -2.42. The number of benzene rings is 1. The average Bonchev–Trinajstić information content (AvgIpc) is 3.28. The van der Waals surface area contributed by atoms with E-state index in [4.69, 9.17) is 0 Å². The van der Waals surface area contributed by atoms with Gasteiger partial charge >= 0.3 is 6.03 Å². The lowest BCUT2D eigenvalue weighted by molar-refractivity contribution is 0.236. The maximum absolute atomic E-state index is 11.8. The molecule has 1 aromatic heterocycles. The van der Waals surface area contributed by atoms with Gasteiger partial charge in [-0.05, 0) is 51.2 Å². The molecule has 1 atom stereocenters. The number of nitrogens with zero attached hydrogens (tertiary/aromatic N) is 2. The molecule has 118 valence electrons. The van der Waals surface area contributed by atoms with Crippen LogP contribution >= 0.6 is 0 Å². The first-order valence-electron chi connectivity index (χ1n) is 8.11. The van der Waals surface area contributed by atoms with Crippen LogP contribution in [0, 0.1) is 12.8 Å². The summed E-state index contributed by atoms with van der Waals surface area (Å²) >= 11 is 0. The number of carbonyl (C=O) groups excluding carboxylic acids is 1. The second-order valence-electron chi connectivity index (χ2n) is 6.18. The van der Waals surface area contributed by atoms with Crippen molar-refractivity contribution in [3.63, 3.8) is 0 Å². The molecular weight excluding hydrogens is 276 g/mol. The largest absolute Gasteiger partial charge is 0.338 e. The minimum atomic E-state index is -0.0494. The number of imidazole rings is 1. The van der Waals surface area contributed by atoms with Gasteiger partial charge in [0.15, 0.2) is 0 Å². The summed E-state index contributed by atoms with van der Waals surface area (Å²) in [5.41, 5.74) is 2.19. The maximum Gasteiger partial charge on any atom is 0.315 e. The zero-order valence-electron chi connectivity index (χ0n) is 13.3. The van der Waals surface area contributed by atoms with E-state index in [0.717, 1.165) is 29.8 Å². The molecule has 5 nitrogen and oxygen atoms in total. The van der Waals surface area contributed by atoms with Crippen LogP contribution in [0.5, 0.6) is 0 Å². The van der Waals surface area contributed by atoms with Crippen molar-refractivity contribution in [1.82, 2.24) is 20.2 Å². The van der Waals surface area contributed by atoms with Gasteiger partial charge in [0, 0.05) is 19.1 Å². The molecule has 0 aliphatic heterocycles. The van der Waals surface area contributed by atoms with Gasteiger partial charge in [-0.1, -0.05) is 12.1 Å². The Balaban J connectivity index is 1.46. The molecule has 1 aliphatic carbocycles. The van der Waals surface area contributed by atoms with E-state index < -0.39 is 0 Å². The van der Waals surface area contributed by atoms with Crippen LogP contribution in [0.25, 0.3) is 11.0 Å². The molecule has 2 N–H and O–H groups in total. The molecule has 2 amide bonds. The van der Waals surface area contributed by atoms with Gasteiger partial charge in [0.2, 0.25) is 0 Å². The van der Waals surface area contributed by atoms with Crippen LogP contribution in [0.3, 0.4) is 0 Å². The molecule has 0 saturated heterocycles. The number of aryl methyl sites for hydroxylation is 2. The van der Waals surface area contributed by atoms with Gasteiger partial charge in [-0.15, -0.1) is 0 Å². The molecule has 22 heavy (non-hydrogen) atoms. The lowest BCUT2D eigenvalue weighted by Gasteiger charge is -2.14. The van der Waals surface area contributed by atoms with E-state index in [-0.39, 0.29) is 6.03 Å². The Morgan fingerprint density at radius 1 is 1.41 bits per heavy atom. The second-order valence-corrected chi connectivity index (χ2v) is 6.18. The topological polar surface area (TPSA) is 59.0 Å². The van der Waals surface area contributed by atoms with Gasteiger partial charge < -0.3 is 15.2 Å². The normalized spacial score (nSPS) is 15.7. The molecule has 1 fully saturated rings. The van der Waals surface area contributed by atoms with Crippen molar-refractivity contribution in [1.29, 1.82) is 0 Å². The third-order valence-electron chi connectivity index (χ3n) is 4.38. The summed E-state index contributed by atoms with van der Waals surface area (Å²) in [6, 6.07) is 8.40. The summed E-state index contributed by atoms with van der Waals surface area (Å²) in [5, 5.41) is 5.95. The van der Waals surface area contributed by atoms with E-state index in [0.29, 0.717) is 18.5 Å². The first-order chi connectivity index (χ1) is 10.6. The van der Waals surface area contributed by atoms with Crippen LogP contribution in [-0.4, -0.2) is 28.2 Å². The molecule has 5 heteroatoms. The number of fused-ring (bicyclic) bond motifs is 1. The fourth-order valence-corrected chi connectivity index (χ4v) is 2.89. The number of carbonyl (C=O) groups is 1. The van der Waals surface area contributed by atoms with Gasteiger partial charge in [-0.2, -0.15) is 0 Å². The van der Waals surface area contributed by atoms with Gasteiger partial charge in [0.1, 0.15) is 5.82 Å². The number of urea groups is 1. The summed E-state index contributed by atoms with van der Waals surface area (Å²) in [4.78, 5) is 16.3. The van der Waals surface area contributed by atoms with Crippen molar-refractivity contribution < 1.29 is 4.79 Å².